The summed E-state index contributed by atoms with van der Waals surface area (Å²) in [5, 5.41) is 0. The summed E-state index contributed by atoms with van der Waals surface area (Å²) < 4.78 is 50.8. The van der Waals surface area contributed by atoms with E-state index in [1.165, 1.54) is 38.4 Å². The Morgan fingerprint density at radius 3 is 1.96 bits per heavy atom. The van der Waals surface area contributed by atoms with Crippen molar-refractivity contribution < 1.29 is 21.6 Å². The molecule has 2 rings (SSSR count). The lowest BCUT2D eigenvalue weighted by atomic mass is 10.3. The van der Waals surface area contributed by atoms with E-state index < -0.39 is 20.0 Å². The number of rotatable bonds is 6. The molecule has 1 aliphatic rings. The number of hydrogen-bond donors (Lipinski definition) is 0. The number of carbonyl (C=O) groups is 1. The van der Waals surface area contributed by atoms with Crippen LogP contribution >= 0.6 is 0 Å². The summed E-state index contributed by atoms with van der Waals surface area (Å²) in [6.07, 6.45) is 1.02. The smallest absolute Gasteiger partial charge is 0.243 e. The predicted octanol–water partition coefficient (Wildman–Crippen LogP) is -0.523. The highest BCUT2D eigenvalue weighted by atomic mass is 32.2. The fraction of sp³-hybridized carbons (Fsp3) is 0.562. The molecule has 0 N–H and O–H groups in total. The Morgan fingerprint density at radius 1 is 1.00 bits per heavy atom. The molecule has 0 aromatic heterocycles. The van der Waals surface area contributed by atoms with Crippen LogP contribution in [-0.4, -0.2) is 97.0 Å². The normalized spacial score (nSPS) is 16.6. The van der Waals surface area contributed by atoms with Crippen LogP contribution in [0.4, 0.5) is 5.69 Å². The highest BCUT2D eigenvalue weighted by Gasteiger charge is 2.26. The second-order valence-electron chi connectivity index (χ2n) is 6.74. The van der Waals surface area contributed by atoms with Gasteiger partial charge in [0.05, 0.1) is 16.8 Å². The number of likely N-dealkylation sites (N-methyl/N-ethyl adjacent to an activating group) is 1. The van der Waals surface area contributed by atoms with Crippen LogP contribution in [0.25, 0.3) is 0 Å². The molecule has 1 amide bonds. The zero-order valence-corrected chi connectivity index (χ0v) is 17.6. The first kappa shape index (κ1) is 21.6. The standard InChI is InChI=1S/C16H26N4O5S2/c1-17(2)27(24,25)15-7-5-14(6-8-15)20(26(4,22)23)13-16(21)19-11-9-18(3)10-12-19/h5-8H,9-13H2,1-4H3. The minimum absolute atomic E-state index is 0.0510. The van der Waals surface area contributed by atoms with Crippen LogP contribution in [0.5, 0.6) is 0 Å². The lowest BCUT2D eigenvalue weighted by Gasteiger charge is -2.34. The van der Waals surface area contributed by atoms with Crippen LogP contribution < -0.4 is 4.31 Å². The lowest BCUT2D eigenvalue weighted by molar-refractivity contribution is -0.131. The maximum absolute atomic E-state index is 12.5. The van der Waals surface area contributed by atoms with E-state index in [1.54, 1.807) is 4.90 Å². The van der Waals surface area contributed by atoms with Gasteiger partial charge < -0.3 is 9.80 Å². The van der Waals surface area contributed by atoms with Crippen LogP contribution in [0.3, 0.4) is 0 Å². The van der Waals surface area contributed by atoms with E-state index in [1.807, 2.05) is 7.05 Å². The Morgan fingerprint density at radius 2 is 1.52 bits per heavy atom. The number of benzene rings is 1. The van der Waals surface area contributed by atoms with E-state index in [0.717, 1.165) is 28.0 Å². The first-order valence-electron chi connectivity index (χ1n) is 8.39. The van der Waals surface area contributed by atoms with Gasteiger partial charge >= 0.3 is 0 Å². The molecule has 0 atom stereocenters. The molecule has 0 unspecified atom stereocenters. The summed E-state index contributed by atoms with van der Waals surface area (Å²) in [6, 6.07) is 5.47. The molecule has 1 aliphatic heterocycles. The van der Waals surface area contributed by atoms with E-state index in [0.29, 0.717) is 13.1 Å². The summed E-state index contributed by atoms with van der Waals surface area (Å²) in [5.74, 6) is -0.279. The zero-order valence-electron chi connectivity index (χ0n) is 16.0. The molecular weight excluding hydrogens is 392 g/mol. The summed E-state index contributed by atoms with van der Waals surface area (Å²) in [4.78, 5) is 16.3. The van der Waals surface area contributed by atoms with Gasteiger partial charge in [0.25, 0.3) is 0 Å². The van der Waals surface area contributed by atoms with Gasteiger partial charge in [0.2, 0.25) is 26.0 Å². The minimum atomic E-state index is -3.71. The van der Waals surface area contributed by atoms with E-state index >= 15 is 0 Å². The first-order valence-corrected chi connectivity index (χ1v) is 11.7. The number of sulfonamides is 2. The number of nitrogens with zero attached hydrogens (tertiary/aromatic N) is 4. The van der Waals surface area contributed by atoms with Crippen molar-refractivity contribution in [1.29, 1.82) is 0 Å². The van der Waals surface area contributed by atoms with E-state index in [4.69, 9.17) is 0 Å². The van der Waals surface area contributed by atoms with Crippen molar-refractivity contribution in [2.75, 3.05) is 64.4 Å². The van der Waals surface area contributed by atoms with E-state index in [2.05, 4.69) is 4.90 Å². The SMILES string of the molecule is CN1CCN(C(=O)CN(c2ccc(S(=O)(=O)N(C)C)cc2)S(C)(=O)=O)CC1. The average molecular weight is 419 g/mol. The highest BCUT2D eigenvalue weighted by molar-refractivity contribution is 7.92. The van der Waals surface area contributed by atoms with Crippen molar-refractivity contribution in [3.8, 4) is 0 Å². The minimum Gasteiger partial charge on any atom is -0.339 e. The zero-order chi connectivity index (χ0) is 20.4. The third-order valence-corrected chi connectivity index (χ3v) is 7.41. The molecule has 9 nitrogen and oxygen atoms in total. The lowest BCUT2D eigenvalue weighted by Crippen LogP contribution is -2.50. The second-order valence-corrected chi connectivity index (χ2v) is 10.8. The van der Waals surface area contributed by atoms with Crippen molar-refractivity contribution in [2.45, 2.75) is 4.90 Å². The summed E-state index contributed by atoms with van der Waals surface area (Å²) in [7, 11) is -2.53. The topological polar surface area (TPSA) is 98.3 Å². The average Bonchev–Trinajstić information content (AvgIpc) is 2.59. The van der Waals surface area contributed by atoms with Gasteiger partial charge in [-0.3, -0.25) is 9.10 Å². The molecule has 1 saturated heterocycles. The molecule has 27 heavy (non-hydrogen) atoms. The van der Waals surface area contributed by atoms with Crippen molar-refractivity contribution in [3.05, 3.63) is 24.3 Å². The molecule has 0 spiro atoms. The van der Waals surface area contributed by atoms with Crippen LogP contribution in [-0.2, 0) is 24.8 Å². The number of hydrogen-bond acceptors (Lipinski definition) is 6. The van der Waals surface area contributed by atoms with Crippen molar-refractivity contribution in [2.24, 2.45) is 0 Å². The number of amides is 1. The van der Waals surface area contributed by atoms with E-state index in [9.17, 15) is 21.6 Å². The number of anilines is 1. The van der Waals surface area contributed by atoms with Gasteiger partial charge in [0.1, 0.15) is 6.54 Å². The Bertz CT molecular complexity index is 874. The van der Waals surface area contributed by atoms with Gasteiger partial charge in [0.15, 0.2) is 0 Å². The largest absolute Gasteiger partial charge is 0.339 e. The molecule has 1 aromatic carbocycles. The Labute approximate surface area is 161 Å². The van der Waals surface area contributed by atoms with Crippen LogP contribution in [0, 0.1) is 0 Å². The summed E-state index contributed by atoms with van der Waals surface area (Å²) >= 11 is 0. The maximum atomic E-state index is 12.5. The van der Waals surface area contributed by atoms with E-state index in [-0.39, 0.29) is 23.0 Å². The van der Waals surface area contributed by atoms with Gasteiger partial charge in [-0.1, -0.05) is 0 Å². The van der Waals surface area contributed by atoms with Crippen molar-refractivity contribution in [3.63, 3.8) is 0 Å². The Balaban J connectivity index is 2.23. The van der Waals surface area contributed by atoms with Crippen LogP contribution in [0.1, 0.15) is 0 Å². The molecule has 1 aromatic rings. The van der Waals surface area contributed by atoms with Gasteiger partial charge in [-0.15, -0.1) is 0 Å². The Kier molecular flexibility index (Phi) is 6.51. The van der Waals surface area contributed by atoms with Crippen LogP contribution in [0.15, 0.2) is 29.2 Å². The summed E-state index contributed by atoms with van der Waals surface area (Å²) in [6.45, 7) is 2.26. The van der Waals surface area contributed by atoms with Crippen molar-refractivity contribution >= 4 is 31.6 Å². The third kappa shape index (κ3) is 5.18. The molecule has 1 heterocycles. The van der Waals surface area contributed by atoms with Gasteiger partial charge in [-0.25, -0.2) is 21.1 Å². The molecule has 0 aliphatic carbocycles. The molecule has 0 radical (unpaired) electrons. The highest BCUT2D eigenvalue weighted by Crippen LogP contribution is 2.22. The molecule has 0 bridgehead atoms. The second kappa shape index (κ2) is 8.13. The summed E-state index contributed by atoms with van der Waals surface area (Å²) in [5.41, 5.74) is 0.248. The predicted molar refractivity (Wildman–Crippen MR) is 104 cm³/mol. The first-order chi connectivity index (χ1) is 12.4. The monoisotopic (exact) mass is 418 g/mol. The number of carbonyl (C=O) groups excluding carboxylic acids is 1. The maximum Gasteiger partial charge on any atom is 0.243 e. The van der Waals surface area contributed by atoms with Crippen molar-refractivity contribution in [1.82, 2.24) is 14.1 Å². The Hall–Kier alpha value is -1.69. The fourth-order valence-corrected chi connectivity index (χ4v) is 4.43. The molecule has 0 saturated carbocycles. The van der Waals surface area contributed by atoms with Gasteiger partial charge in [0, 0.05) is 40.3 Å². The molecule has 11 heteroatoms. The van der Waals surface area contributed by atoms with Gasteiger partial charge in [-0.2, -0.15) is 0 Å². The molecule has 1 fully saturated rings. The third-order valence-electron chi connectivity index (χ3n) is 4.44. The van der Waals surface area contributed by atoms with Gasteiger partial charge in [-0.05, 0) is 31.3 Å². The number of piperazine rings is 1. The quantitative estimate of drug-likeness (QED) is 0.616. The fourth-order valence-electron chi connectivity index (χ4n) is 2.67. The molecular formula is C16H26N4O5S2. The van der Waals surface area contributed by atoms with Crippen LogP contribution in [0.2, 0.25) is 0 Å². The molecule has 152 valence electrons.